The van der Waals surface area contributed by atoms with E-state index in [1.54, 1.807) is 12.1 Å². The monoisotopic (exact) mass is 310 g/mol. The molecular weight excluding hydrogens is 296 g/mol. The number of carbonyl (C=O) groups is 2. The van der Waals surface area contributed by atoms with E-state index in [1.165, 1.54) is 0 Å². The molecule has 23 heavy (non-hydrogen) atoms. The number of ether oxygens (including phenoxy) is 3. The molecule has 1 atom stereocenters. The van der Waals surface area contributed by atoms with Gasteiger partial charge in [0.05, 0.1) is 17.7 Å². The highest BCUT2D eigenvalue weighted by molar-refractivity contribution is 5.94. The van der Waals surface area contributed by atoms with Gasteiger partial charge in [-0.1, -0.05) is 17.7 Å². The van der Waals surface area contributed by atoms with Gasteiger partial charge >= 0.3 is 11.9 Å². The first-order valence-electron chi connectivity index (χ1n) is 7.34. The summed E-state index contributed by atoms with van der Waals surface area (Å²) < 4.78 is 16.0. The van der Waals surface area contributed by atoms with E-state index in [2.05, 4.69) is 0 Å². The zero-order chi connectivity index (χ0) is 16.0. The van der Waals surface area contributed by atoms with Gasteiger partial charge in [0.1, 0.15) is 6.61 Å². The summed E-state index contributed by atoms with van der Waals surface area (Å²) in [5.74, 6) is -0.653. The maximum atomic E-state index is 11.8. The van der Waals surface area contributed by atoms with Crippen molar-refractivity contribution < 1.29 is 23.8 Å². The van der Waals surface area contributed by atoms with Gasteiger partial charge in [-0.05, 0) is 36.8 Å². The van der Waals surface area contributed by atoms with Crippen molar-refractivity contribution in [2.45, 2.75) is 26.4 Å². The van der Waals surface area contributed by atoms with E-state index in [0.29, 0.717) is 17.7 Å². The van der Waals surface area contributed by atoms with Crippen LogP contribution in [-0.4, -0.2) is 11.9 Å². The van der Waals surface area contributed by atoms with Gasteiger partial charge < -0.3 is 14.2 Å². The standard InChI is InChI=1S/C18H14O5/c1-10-2-4-14-15(6-10)18(23-17(14)20)22-8-11-3-5-13-12(7-11)9-21-16(13)19/h2-7,18H,8-9H2,1H3. The van der Waals surface area contributed by atoms with Crippen LogP contribution >= 0.6 is 0 Å². The zero-order valence-electron chi connectivity index (χ0n) is 12.5. The molecule has 0 amide bonds. The Balaban J connectivity index is 1.52. The minimum atomic E-state index is -0.691. The Morgan fingerprint density at radius 3 is 2.78 bits per heavy atom. The molecule has 116 valence electrons. The number of cyclic esters (lactones) is 2. The molecule has 4 rings (SSSR count). The Bertz CT molecular complexity index is 824. The fourth-order valence-corrected chi connectivity index (χ4v) is 2.86. The molecule has 0 saturated heterocycles. The SMILES string of the molecule is Cc1ccc2c(c1)C(OCc1ccc3c(c1)COC3=O)OC2=O. The van der Waals surface area contributed by atoms with E-state index < -0.39 is 6.29 Å². The van der Waals surface area contributed by atoms with E-state index in [-0.39, 0.29) is 18.5 Å². The number of esters is 2. The Labute approximate surface area is 132 Å². The maximum absolute atomic E-state index is 11.8. The Hall–Kier alpha value is -2.66. The molecule has 2 aromatic rings. The van der Waals surface area contributed by atoms with Gasteiger partial charge in [-0.2, -0.15) is 0 Å². The van der Waals surface area contributed by atoms with Crippen LogP contribution in [0, 0.1) is 6.92 Å². The summed E-state index contributed by atoms with van der Waals surface area (Å²) in [6.45, 7) is 2.53. The van der Waals surface area contributed by atoms with Crippen LogP contribution in [0.2, 0.25) is 0 Å². The van der Waals surface area contributed by atoms with Gasteiger partial charge in [-0.25, -0.2) is 9.59 Å². The molecule has 2 aliphatic heterocycles. The van der Waals surface area contributed by atoms with Crippen molar-refractivity contribution in [1.82, 2.24) is 0 Å². The summed E-state index contributed by atoms with van der Waals surface area (Å²) in [4.78, 5) is 23.3. The first-order chi connectivity index (χ1) is 11.1. The Morgan fingerprint density at radius 2 is 1.91 bits per heavy atom. The third kappa shape index (κ3) is 2.39. The normalized spacial score (nSPS) is 18.4. The van der Waals surface area contributed by atoms with Crippen molar-refractivity contribution >= 4 is 11.9 Å². The lowest BCUT2D eigenvalue weighted by Crippen LogP contribution is -2.05. The highest BCUT2D eigenvalue weighted by Gasteiger charge is 2.31. The van der Waals surface area contributed by atoms with Crippen molar-refractivity contribution in [3.8, 4) is 0 Å². The second kappa shape index (κ2) is 5.21. The Morgan fingerprint density at radius 1 is 1.09 bits per heavy atom. The van der Waals surface area contributed by atoms with E-state index in [4.69, 9.17) is 14.2 Å². The topological polar surface area (TPSA) is 61.8 Å². The molecule has 0 radical (unpaired) electrons. The van der Waals surface area contributed by atoms with Crippen molar-refractivity contribution in [2.24, 2.45) is 0 Å². The lowest BCUT2D eigenvalue weighted by atomic mass is 10.1. The van der Waals surface area contributed by atoms with Crippen molar-refractivity contribution in [3.63, 3.8) is 0 Å². The fraction of sp³-hybridized carbons (Fsp3) is 0.222. The van der Waals surface area contributed by atoms with Crippen LogP contribution in [0.25, 0.3) is 0 Å². The number of benzene rings is 2. The van der Waals surface area contributed by atoms with Gasteiger partial charge in [-0.15, -0.1) is 0 Å². The minimum Gasteiger partial charge on any atom is -0.457 e. The summed E-state index contributed by atoms with van der Waals surface area (Å²) in [7, 11) is 0. The lowest BCUT2D eigenvalue weighted by Gasteiger charge is -2.12. The summed E-state index contributed by atoms with van der Waals surface area (Å²) >= 11 is 0. The second-order valence-corrected chi connectivity index (χ2v) is 5.71. The predicted octanol–water partition coefficient (Wildman–Crippen LogP) is 3.05. The van der Waals surface area contributed by atoms with Crippen LogP contribution in [0.1, 0.15) is 49.3 Å². The van der Waals surface area contributed by atoms with Crippen molar-refractivity contribution in [1.29, 1.82) is 0 Å². The molecule has 0 spiro atoms. The third-order valence-electron chi connectivity index (χ3n) is 4.04. The molecule has 0 aliphatic carbocycles. The third-order valence-corrected chi connectivity index (χ3v) is 4.04. The highest BCUT2D eigenvalue weighted by atomic mass is 16.7. The highest BCUT2D eigenvalue weighted by Crippen LogP contribution is 2.33. The lowest BCUT2D eigenvalue weighted by molar-refractivity contribution is -0.111. The summed E-state index contributed by atoms with van der Waals surface area (Å²) in [5, 5.41) is 0. The van der Waals surface area contributed by atoms with Crippen LogP contribution in [0.15, 0.2) is 36.4 Å². The van der Waals surface area contributed by atoms with Gasteiger partial charge in [0.25, 0.3) is 0 Å². The van der Waals surface area contributed by atoms with Crippen molar-refractivity contribution in [3.05, 3.63) is 69.8 Å². The van der Waals surface area contributed by atoms with E-state index in [0.717, 1.165) is 22.3 Å². The molecular formula is C18H14O5. The largest absolute Gasteiger partial charge is 0.457 e. The number of carbonyl (C=O) groups excluding carboxylic acids is 2. The zero-order valence-corrected chi connectivity index (χ0v) is 12.5. The maximum Gasteiger partial charge on any atom is 0.341 e. The second-order valence-electron chi connectivity index (χ2n) is 5.71. The average Bonchev–Trinajstić information content (AvgIpc) is 3.06. The summed E-state index contributed by atoms with van der Waals surface area (Å²) in [6, 6.07) is 11.0. The number of rotatable bonds is 3. The van der Waals surface area contributed by atoms with Gasteiger partial charge in [0.15, 0.2) is 0 Å². The summed E-state index contributed by atoms with van der Waals surface area (Å²) in [5.41, 5.74) is 4.71. The molecule has 0 aromatic heterocycles. The molecule has 2 aromatic carbocycles. The molecule has 1 unspecified atom stereocenters. The van der Waals surface area contributed by atoms with Crippen molar-refractivity contribution in [2.75, 3.05) is 0 Å². The fourth-order valence-electron chi connectivity index (χ4n) is 2.86. The number of fused-ring (bicyclic) bond motifs is 2. The predicted molar refractivity (Wildman–Crippen MR) is 79.7 cm³/mol. The van der Waals surface area contributed by atoms with Crippen LogP contribution < -0.4 is 0 Å². The Kier molecular flexibility index (Phi) is 3.16. The molecule has 0 bridgehead atoms. The molecule has 0 saturated carbocycles. The van der Waals surface area contributed by atoms with E-state index >= 15 is 0 Å². The quantitative estimate of drug-likeness (QED) is 0.815. The van der Waals surface area contributed by atoms with Crippen LogP contribution in [0.4, 0.5) is 0 Å². The molecule has 2 heterocycles. The van der Waals surface area contributed by atoms with Gasteiger partial charge in [0, 0.05) is 11.1 Å². The molecule has 5 heteroatoms. The number of hydrogen-bond acceptors (Lipinski definition) is 5. The molecule has 0 fully saturated rings. The molecule has 0 N–H and O–H groups in total. The van der Waals surface area contributed by atoms with Gasteiger partial charge in [-0.3, -0.25) is 0 Å². The first kappa shape index (κ1) is 14.0. The minimum absolute atomic E-state index is 0.285. The number of hydrogen-bond donors (Lipinski definition) is 0. The average molecular weight is 310 g/mol. The van der Waals surface area contributed by atoms with Gasteiger partial charge in [0.2, 0.25) is 6.29 Å². The number of aryl methyl sites for hydroxylation is 1. The molecule has 2 aliphatic rings. The first-order valence-corrected chi connectivity index (χ1v) is 7.34. The summed E-state index contributed by atoms with van der Waals surface area (Å²) in [6.07, 6.45) is -0.691. The van der Waals surface area contributed by atoms with E-state index in [1.807, 2.05) is 31.2 Å². The molecule has 5 nitrogen and oxygen atoms in total. The van der Waals surface area contributed by atoms with Crippen LogP contribution in [-0.2, 0) is 27.4 Å². The van der Waals surface area contributed by atoms with Crippen LogP contribution in [0.5, 0.6) is 0 Å². The smallest absolute Gasteiger partial charge is 0.341 e. The van der Waals surface area contributed by atoms with E-state index in [9.17, 15) is 9.59 Å². The van der Waals surface area contributed by atoms with Crippen LogP contribution in [0.3, 0.4) is 0 Å².